The number of ether oxygens (including phenoxy) is 2. The lowest BCUT2D eigenvalue weighted by atomic mass is 9.97. The Kier molecular flexibility index (Phi) is 3.09. The van der Waals surface area contributed by atoms with Crippen LogP contribution in [0.1, 0.15) is 25.7 Å². The van der Waals surface area contributed by atoms with Gasteiger partial charge in [0.05, 0.1) is 25.3 Å². The molecule has 2 saturated carbocycles. The van der Waals surface area contributed by atoms with Gasteiger partial charge in [-0.3, -0.25) is 0 Å². The summed E-state index contributed by atoms with van der Waals surface area (Å²) >= 11 is 0. The highest BCUT2D eigenvalue weighted by Gasteiger charge is 2.41. The van der Waals surface area contributed by atoms with Crippen LogP contribution in [0.2, 0.25) is 0 Å². The van der Waals surface area contributed by atoms with E-state index < -0.39 is 0 Å². The predicted molar refractivity (Wildman–Crippen MR) is 80.4 cm³/mol. The molecule has 0 radical (unpaired) electrons. The monoisotopic (exact) mass is 284 g/mol. The minimum absolute atomic E-state index is 0.356. The van der Waals surface area contributed by atoms with E-state index >= 15 is 0 Å². The summed E-state index contributed by atoms with van der Waals surface area (Å²) in [6.45, 7) is 0. The topological polar surface area (TPSA) is 47.1 Å². The maximum absolute atomic E-state index is 6.31. The standard InChI is InChI=1S/C17H20N2O2/c1-20-15-5-4-12(14-9-18-10-19-14)8-17(15)21-16-7-11-2-3-13(16)6-11/h4-5,8-11,13,16H,2-3,6-7H2,1H3,(H,18,19). The Morgan fingerprint density at radius 1 is 1.19 bits per heavy atom. The zero-order chi connectivity index (χ0) is 14.2. The van der Waals surface area contributed by atoms with Crippen LogP contribution in [-0.4, -0.2) is 23.2 Å². The van der Waals surface area contributed by atoms with Crippen LogP contribution in [0.5, 0.6) is 11.5 Å². The van der Waals surface area contributed by atoms with Crippen molar-refractivity contribution in [1.82, 2.24) is 9.97 Å². The summed E-state index contributed by atoms with van der Waals surface area (Å²) in [6, 6.07) is 6.05. The first-order valence-electron chi connectivity index (χ1n) is 7.67. The molecule has 2 bridgehead atoms. The summed E-state index contributed by atoms with van der Waals surface area (Å²) in [5, 5.41) is 0. The van der Waals surface area contributed by atoms with E-state index in [1.165, 1.54) is 25.7 Å². The van der Waals surface area contributed by atoms with E-state index in [9.17, 15) is 0 Å². The molecule has 4 nitrogen and oxygen atoms in total. The van der Waals surface area contributed by atoms with Gasteiger partial charge in [-0.15, -0.1) is 0 Å². The number of hydrogen-bond donors (Lipinski definition) is 1. The molecule has 3 atom stereocenters. The second-order valence-corrected chi connectivity index (χ2v) is 6.16. The van der Waals surface area contributed by atoms with Crippen LogP contribution in [0, 0.1) is 11.8 Å². The van der Waals surface area contributed by atoms with Crippen LogP contribution in [0.15, 0.2) is 30.7 Å². The van der Waals surface area contributed by atoms with Gasteiger partial charge in [0.1, 0.15) is 6.10 Å². The molecule has 21 heavy (non-hydrogen) atoms. The van der Waals surface area contributed by atoms with E-state index in [2.05, 4.69) is 16.0 Å². The molecule has 0 spiro atoms. The summed E-state index contributed by atoms with van der Waals surface area (Å²) in [7, 11) is 1.69. The van der Waals surface area contributed by atoms with Crippen molar-refractivity contribution in [2.45, 2.75) is 31.8 Å². The molecule has 2 fully saturated rings. The van der Waals surface area contributed by atoms with Crippen molar-refractivity contribution in [1.29, 1.82) is 0 Å². The molecule has 110 valence electrons. The second kappa shape index (κ2) is 5.10. The number of imidazole rings is 1. The quantitative estimate of drug-likeness (QED) is 0.932. The normalized spacial score (nSPS) is 27.0. The van der Waals surface area contributed by atoms with Crippen molar-refractivity contribution in [3.05, 3.63) is 30.7 Å². The third kappa shape index (κ3) is 2.28. The lowest BCUT2D eigenvalue weighted by Gasteiger charge is -2.24. The van der Waals surface area contributed by atoms with Crippen molar-refractivity contribution >= 4 is 0 Å². The van der Waals surface area contributed by atoms with Crippen molar-refractivity contribution in [3.8, 4) is 22.8 Å². The molecule has 1 heterocycles. The molecule has 4 rings (SSSR count). The van der Waals surface area contributed by atoms with E-state index in [-0.39, 0.29) is 0 Å². The molecule has 4 heteroatoms. The average Bonchev–Trinajstić information content (AvgIpc) is 3.24. The van der Waals surface area contributed by atoms with Crippen molar-refractivity contribution in [3.63, 3.8) is 0 Å². The lowest BCUT2D eigenvalue weighted by molar-refractivity contribution is 0.133. The van der Waals surface area contributed by atoms with Crippen LogP contribution in [-0.2, 0) is 0 Å². The third-order valence-corrected chi connectivity index (χ3v) is 4.92. The first-order chi connectivity index (χ1) is 10.3. The van der Waals surface area contributed by atoms with Gasteiger partial charge in [0.2, 0.25) is 0 Å². The first-order valence-corrected chi connectivity index (χ1v) is 7.67. The number of fused-ring (bicyclic) bond motifs is 2. The summed E-state index contributed by atoms with van der Waals surface area (Å²) < 4.78 is 11.8. The van der Waals surface area contributed by atoms with Gasteiger partial charge in [0.15, 0.2) is 11.5 Å². The molecular weight excluding hydrogens is 264 g/mol. The molecule has 1 aromatic carbocycles. The fourth-order valence-electron chi connectivity index (χ4n) is 3.84. The Balaban J connectivity index is 1.61. The van der Waals surface area contributed by atoms with Gasteiger partial charge < -0.3 is 14.5 Å². The number of nitrogens with zero attached hydrogens (tertiary/aromatic N) is 1. The van der Waals surface area contributed by atoms with Crippen molar-refractivity contribution in [2.75, 3.05) is 7.11 Å². The first kappa shape index (κ1) is 12.7. The highest BCUT2D eigenvalue weighted by atomic mass is 16.5. The maximum Gasteiger partial charge on any atom is 0.162 e. The molecule has 2 aliphatic rings. The summed E-state index contributed by atoms with van der Waals surface area (Å²) in [6.07, 6.45) is 9.11. The zero-order valence-electron chi connectivity index (χ0n) is 12.2. The van der Waals surface area contributed by atoms with Crippen LogP contribution in [0.4, 0.5) is 0 Å². The van der Waals surface area contributed by atoms with E-state index in [4.69, 9.17) is 9.47 Å². The average molecular weight is 284 g/mol. The number of methoxy groups -OCH3 is 1. The van der Waals surface area contributed by atoms with E-state index in [0.717, 1.165) is 34.6 Å². The van der Waals surface area contributed by atoms with Gasteiger partial charge in [-0.05, 0) is 55.7 Å². The van der Waals surface area contributed by atoms with Gasteiger partial charge in [-0.25, -0.2) is 4.98 Å². The van der Waals surface area contributed by atoms with Crippen molar-refractivity contribution < 1.29 is 9.47 Å². The number of aromatic nitrogens is 2. The Bertz CT molecular complexity index is 624. The lowest BCUT2D eigenvalue weighted by Crippen LogP contribution is -2.23. The fourth-order valence-corrected chi connectivity index (χ4v) is 3.84. The van der Waals surface area contributed by atoms with Crippen molar-refractivity contribution in [2.24, 2.45) is 11.8 Å². The fraction of sp³-hybridized carbons (Fsp3) is 0.471. The molecule has 2 aromatic rings. The maximum atomic E-state index is 6.31. The predicted octanol–water partition coefficient (Wildman–Crippen LogP) is 3.65. The number of H-pyrrole nitrogens is 1. The van der Waals surface area contributed by atoms with Crippen LogP contribution in [0.3, 0.4) is 0 Å². The number of nitrogens with one attached hydrogen (secondary N) is 1. The van der Waals surface area contributed by atoms with Gasteiger partial charge in [0.25, 0.3) is 0 Å². The van der Waals surface area contributed by atoms with E-state index in [0.29, 0.717) is 6.10 Å². The molecule has 0 aliphatic heterocycles. The number of hydrogen-bond acceptors (Lipinski definition) is 3. The van der Waals surface area contributed by atoms with Crippen LogP contribution >= 0.6 is 0 Å². The SMILES string of the molecule is COc1ccc(-c2cnc[nH]2)cc1OC1CC2CCC1C2. The van der Waals surface area contributed by atoms with Crippen LogP contribution in [0.25, 0.3) is 11.3 Å². The largest absolute Gasteiger partial charge is 0.493 e. The molecule has 2 aliphatic carbocycles. The molecule has 3 unspecified atom stereocenters. The minimum atomic E-state index is 0.356. The van der Waals surface area contributed by atoms with Gasteiger partial charge in [-0.2, -0.15) is 0 Å². The highest BCUT2D eigenvalue weighted by molar-refractivity contribution is 5.63. The van der Waals surface area contributed by atoms with Gasteiger partial charge in [-0.1, -0.05) is 0 Å². The smallest absolute Gasteiger partial charge is 0.162 e. The Morgan fingerprint density at radius 2 is 2.14 bits per heavy atom. The number of rotatable bonds is 4. The van der Waals surface area contributed by atoms with Crippen LogP contribution < -0.4 is 9.47 Å². The van der Waals surface area contributed by atoms with E-state index in [1.54, 1.807) is 13.4 Å². The molecule has 1 aromatic heterocycles. The summed E-state index contributed by atoms with van der Waals surface area (Å²) in [4.78, 5) is 7.21. The van der Waals surface area contributed by atoms with E-state index in [1.807, 2.05) is 18.3 Å². The number of aromatic amines is 1. The molecular formula is C17H20N2O2. The molecule has 0 saturated heterocycles. The third-order valence-electron chi connectivity index (χ3n) is 4.92. The highest BCUT2D eigenvalue weighted by Crippen LogP contribution is 2.47. The Morgan fingerprint density at radius 3 is 2.81 bits per heavy atom. The number of benzene rings is 1. The zero-order valence-corrected chi connectivity index (χ0v) is 12.2. The van der Waals surface area contributed by atoms with Gasteiger partial charge >= 0.3 is 0 Å². The second-order valence-electron chi connectivity index (χ2n) is 6.16. The Labute approximate surface area is 124 Å². The Hall–Kier alpha value is -1.97. The molecule has 0 amide bonds. The van der Waals surface area contributed by atoms with Gasteiger partial charge in [0, 0.05) is 5.56 Å². The molecule has 1 N–H and O–H groups in total. The minimum Gasteiger partial charge on any atom is -0.493 e. The summed E-state index contributed by atoms with van der Waals surface area (Å²) in [5.74, 6) is 3.26. The summed E-state index contributed by atoms with van der Waals surface area (Å²) in [5.41, 5.74) is 2.07.